The molecule has 4 aliphatic rings. The number of pyridine rings is 1. The van der Waals surface area contributed by atoms with Crippen molar-refractivity contribution in [3.8, 4) is 0 Å². The van der Waals surface area contributed by atoms with E-state index in [0.29, 0.717) is 55.1 Å². The van der Waals surface area contributed by atoms with E-state index in [1.807, 2.05) is 6.07 Å². The highest BCUT2D eigenvalue weighted by Gasteiger charge is 2.73. The molecule has 3 aliphatic heterocycles. The van der Waals surface area contributed by atoms with Crippen molar-refractivity contribution in [2.75, 3.05) is 39.2 Å². The number of rotatable bonds is 7. The third-order valence-corrected chi connectivity index (χ3v) is 11.4. The Bertz CT molecular complexity index is 1560. The number of benzene rings is 1. The Hall–Kier alpha value is -2.83. The molecule has 3 amide bonds. The Kier molecular flexibility index (Phi) is 9.34. The summed E-state index contributed by atoms with van der Waals surface area (Å²) >= 11 is 12.6. The molecule has 3 N–H and O–H groups in total. The van der Waals surface area contributed by atoms with Crippen LogP contribution in [0, 0.1) is 11.2 Å². The third-order valence-electron chi connectivity index (χ3n) is 10.9. The van der Waals surface area contributed by atoms with Gasteiger partial charge in [-0.1, -0.05) is 43.1 Å². The maximum Gasteiger partial charge on any atom is 0.251 e. The van der Waals surface area contributed by atoms with Gasteiger partial charge in [0.1, 0.15) is 11.5 Å². The van der Waals surface area contributed by atoms with Gasteiger partial charge in [-0.05, 0) is 73.3 Å². The van der Waals surface area contributed by atoms with E-state index in [2.05, 4.69) is 34.8 Å². The highest BCUT2D eigenvalue weighted by molar-refractivity contribution is 6.31. The van der Waals surface area contributed by atoms with Crippen molar-refractivity contribution in [2.45, 2.75) is 87.4 Å². The van der Waals surface area contributed by atoms with Crippen molar-refractivity contribution in [2.24, 2.45) is 5.41 Å². The van der Waals surface area contributed by atoms with Crippen molar-refractivity contribution >= 4 is 46.6 Å². The van der Waals surface area contributed by atoms with Gasteiger partial charge in [-0.25, -0.2) is 9.37 Å². The van der Waals surface area contributed by atoms with Crippen LogP contribution in [0.2, 0.25) is 10.2 Å². The van der Waals surface area contributed by atoms with Gasteiger partial charge in [0.25, 0.3) is 5.91 Å². The summed E-state index contributed by atoms with van der Waals surface area (Å²) in [5.74, 6) is -2.56. The number of fused-ring (bicyclic) bond motifs is 3. The fourth-order valence-electron chi connectivity index (χ4n) is 8.26. The molecule has 1 aromatic heterocycles. The summed E-state index contributed by atoms with van der Waals surface area (Å²) in [6.07, 6.45) is 4.50. The average Bonchev–Trinajstić information content (AvgIpc) is 3.50. The lowest BCUT2D eigenvalue weighted by Gasteiger charge is -2.50. The van der Waals surface area contributed by atoms with Crippen molar-refractivity contribution in [1.29, 1.82) is 0 Å². The van der Waals surface area contributed by atoms with Crippen LogP contribution >= 0.6 is 23.2 Å². The van der Waals surface area contributed by atoms with E-state index < -0.39 is 34.8 Å². The molecule has 3 fully saturated rings. The number of ether oxygens (including phenoxy) is 2. The molecule has 2 aromatic rings. The Morgan fingerprint density at radius 2 is 1.91 bits per heavy atom. The van der Waals surface area contributed by atoms with E-state index in [1.54, 1.807) is 31.2 Å². The first kappa shape index (κ1) is 34.0. The fourth-order valence-corrected chi connectivity index (χ4v) is 8.60. The number of carbonyl (C=O) groups excluding carboxylic acids is 3. The normalized spacial score (nSPS) is 29.0. The molecule has 13 heteroatoms. The number of amides is 3. The van der Waals surface area contributed by atoms with E-state index in [4.69, 9.17) is 32.7 Å². The average molecular weight is 691 g/mol. The van der Waals surface area contributed by atoms with Crippen molar-refractivity contribution in [3.63, 3.8) is 0 Å². The van der Waals surface area contributed by atoms with Crippen LogP contribution in [0.4, 0.5) is 10.1 Å². The second-order valence-electron chi connectivity index (χ2n) is 14.2. The van der Waals surface area contributed by atoms with Gasteiger partial charge in [0.05, 0.1) is 25.3 Å². The zero-order chi connectivity index (χ0) is 33.7. The Labute approximate surface area is 284 Å². The zero-order valence-electron chi connectivity index (χ0n) is 27.1. The lowest BCUT2D eigenvalue weighted by molar-refractivity contribution is -0.147. The molecule has 1 aromatic carbocycles. The molecule has 0 radical (unpaired) electrons. The van der Waals surface area contributed by atoms with Crippen LogP contribution in [0.25, 0.3) is 0 Å². The topological polar surface area (TPSA) is 122 Å². The molecule has 47 heavy (non-hydrogen) atoms. The van der Waals surface area contributed by atoms with Gasteiger partial charge in [0, 0.05) is 49.1 Å². The minimum Gasteiger partial charge on any atom is -0.383 e. The van der Waals surface area contributed by atoms with Crippen molar-refractivity contribution in [1.82, 2.24) is 20.5 Å². The lowest BCUT2D eigenvalue weighted by atomic mass is 9.53. The van der Waals surface area contributed by atoms with Crippen LogP contribution in [-0.4, -0.2) is 85.2 Å². The van der Waals surface area contributed by atoms with Gasteiger partial charge in [-0.15, -0.1) is 0 Å². The first-order chi connectivity index (χ1) is 22.3. The van der Waals surface area contributed by atoms with Gasteiger partial charge in [0.2, 0.25) is 11.8 Å². The maximum atomic E-state index is 16.1. The van der Waals surface area contributed by atoms with E-state index in [0.717, 1.165) is 12.8 Å². The van der Waals surface area contributed by atoms with Gasteiger partial charge in [0.15, 0.2) is 11.0 Å². The first-order valence-corrected chi connectivity index (χ1v) is 16.9. The number of methoxy groups -OCH3 is 1. The number of halogens is 3. The van der Waals surface area contributed by atoms with Crippen molar-refractivity contribution < 1.29 is 28.2 Å². The molecule has 1 saturated carbocycles. The standard InChI is InChI=1S/C34H42Cl2FN5O5/c1-32(2)10-12-33(13-11-32)34(22-7-5-19(35)17-23(22)40-31(34)45)25(21-9-14-38-28(36)26(21)37)27(41-33)29(43)39-20-6-8-24(47-18-20)30(44)42(3)15-16-46-4/h5,7,9,14,17,20,24-25,27,41H,6,8,10-13,15-16,18H2,1-4H3,(H,39,43)(H,40,45)/t20?,24-,25-,27+,34+/m0/s1. The van der Waals surface area contributed by atoms with E-state index >= 15 is 4.39 Å². The molecule has 1 unspecified atom stereocenters. The molecule has 6 rings (SSSR count). The molecule has 10 nitrogen and oxygen atoms in total. The van der Waals surface area contributed by atoms with Crippen LogP contribution in [-0.2, 0) is 29.3 Å². The highest BCUT2D eigenvalue weighted by atomic mass is 35.5. The summed E-state index contributed by atoms with van der Waals surface area (Å²) < 4.78 is 27.1. The molecular formula is C34H42Cl2FN5O5. The summed E-state index contributed by atoms with van der Waals surface area (Å²) in [6.45, 7) is 5.40. The Balaban J connectivity index is 1.37. The van der Waals surface area contributed by atoms with Gasteiger partial charge in [-0.3, -0.25) is 19.7 Å². The molecule has 254 valence electrons. The molecule has 5 atom stereocenters. The lowest BCUT2D eigenvalue weighted by Crippen LogP contribution is -2.61. The number of hydrogen-bond acceptors (Lipinski definition) is 7. The predicted octanol–water partition coefficient (Wildman–Crippen LogP) is 4.58. The van der Waals surface area contributed by atoms with E-state index in [9.17, 15) is 14.4 Å². The largest absolute Gasteiger partial charge is 0.383 e. The summed E-state index contributed by atoms with van der Waals surface area (Å²) in [5.41, 5.74) is -0.850. The Morgan fingerprint density at radius 1 is 1.17 bits per heavy atom. The van der Waals surface area contributed by atoms with Crippen molar-refractivity contribution in [3.05, 3.63) is 57.6 Å². The summed E-state index contributed by atoms with van der Waals surface area (Å²) in [4.78, 5) is 47.4. The SMILES string of the molecule is COCCN(C)C(=O)[C@@H]1CCC(NC(=O)[C@@H]2NC3(CCC(C)(C)CC3)[C@@]3(C(=O)Nc4cc(Cl)ccc43)[C@H]2c2ccnc(Cl)c2F)CO1. The van der Waals surface area contributed by atoms with Gasteiger partial charge >= 0.3 is 0 Å². The minimum absolute atomic E-state index is 0.0259. The molecule has 4 heterocycles. The van der Waals surface area contributed by atoms with Gasteiger partial charge < -0.3 is 25.0 Å². The minimum atomic E-state index is -1.36. The number of carbonyl (C=O) groups is 3. The molecular weight excluding hydrogens is 648 g/mol. The number of anilines is 1. The second-order valence-corrected chi connectivity index (χ2v) is 15.0. The number of nitrogens with one attached hydrogen (secondary N) is 3. The number of likely N-dealkylation sites (N-methyl/N-ethyl adjacent to an activating group) is 1. The van der Waals surface area contributed by atoms with Gasteiger partial charge in [-0.2, -0.15) is 0 Å². The smallest absolute Gasteiger partial charge is 0.251 e. The Morgan fingerprint density at radius 3 is 2.60 bits per heavy atom. The zero-order valence-corrected chi connectivity index (χ0v) is 28.6. The quantitative estimate of drug-likeness (QED) is 0.364. The van der Waals surface area contributed by atoms with Crippen LogP contribution < -0.4 is 16.0 Å². The predicted molar refractivity (Wildman–Crippen MR) is 176 cm³/mol. The van der Waals surface area contributed by atoms with Crippen LogP contribution in [0.1, 0.15) is 69.4 Å². The third kappa shape index (κ3) is 5.82. The van der Waals surface area contributed by atoms with E-state index in [1.165, 1.54) is 12.3 Å². The number of hydrogen-bond donors (Lipinski definition) is 3. The second kappa shape index (κ2) is 12.9. The monoisotopic (exact) mass is 689 g/mol. The molecule has 1 aliphatic carbocycles. The summed E-state index contributed by atoms with van der Waals surface area (Å²) in [5, 5.41) is 9.94. The van der Waals surface area contributed by atoms with Crippen LogP contribution in [0.15, 0.2) is 30.5 Å². The fraction of sp³-hybridized carbons (Fsp3) is 0.588. The first-order valence-electron chi connectivity index (χ1n) is 16.2. The molecule has 2 saturated heterocycles. The number of aromatic nitrogens is 1. The van der Waals surface area contributed by atoms with Crippen LogP contribution in [0.5, 0.6) is 0 Å². The van der Waals surface area contributed by atoms with Crippen LogP contribution in [0.3, 0.4) is 0 Å². The molecule has 0 bridgehead atoms. The van der Waals surface area contributed by atoms with E-state index in [-0.39, 0.29) is 46.5 Å². The summed E-state index contributed by atoms with van der Waals surface area (Å²) in [7, 11) is 3.29. The summed E-state index contributed by atoms with van der Waals surface area (Å²) in [6, 6.07) is 5.38. The maximum absolute atomic E-state index is 16.1. The number of nitrogens with zero attached hydrogens (tertiary/aromatic N) is 2. The highest BCUT2D eigenvalue weighted by Crippen LogP contribution is 2.64. The molecule has 2 spiro atoms.